The highest BCUT2D eigenvalue weighted by atomic mass is 15.3. The summed E-state index contributed by atoms with van der Waals surface area (Å²) >= 11 is 0. The molecule has 6 nitrogen and oxygen atoms in total. The molecule has 2 aromatic carbocycles. The summed E-state index contributed by atoms with van der Waals surface area (Å²) in [5, 5.41) is 14.7. The maximum Gasteiger partial charge on any atom is 0.244 e. The molecule has 0 atom stereocenters. The molecule has 0 saturated carbocycles. The smallest absolute Gasteiger partial charge is 0.244 e. The Labute approximate surface area is 167 Å². The highest BCUT2D eigenvalue weighted by Crippen LogP contribution is 2.25. The maximum atomic E-state index is 4.53. The van der Waals surface area contributed by atoms with Gasteiger partial charge in [-0.25, -0.2) is 0 Å². The first kappa shape index (κ1) is 19.6. The van der Waals surface area contributed by atoms with E-state index >= 15 is 0 Å². The van der Waals surface area contributed by atoms with Crippen LogP contribution in [0.15, 0.2) is 48.7 Å². The zero-order chi connectivity index (χ0) is 19.9. The van der Waals surface area contributed by atoms with Gasteiger partial charge < -0.3 is 15.5 Å². The first-order chi connectivity index (χ1) is 13.6. The number of hydrogen-bond donors (Lipinski definition) is 2. The van der Waals surface area contributed by atoms with Crippen molar-refractivity contribution < 1.29 is 0 Å². The molecule has 28 heavy (non-hydrogen) atoms. The minimum Gasteiger partial charge on any atom is -0.372 e. The van der Waals surface area contributed by atoms with Crippen LogP contribution in [-0.2, 0) is 6.54 Å². The van der Waals surface area contributed by atoms with Gasteiger partial charge in [-0.05, 0) is 57.0 Å². The molecule has 146 valence electrons. The lowest BCUT2D eigenvalue weighted by atomic mass is 10.1. The van der Waals surface area contributed by atoms with Gasteiger partial charge in [0.2, 0.25) is 5.95 Å². The van der Waals surface area contributed by atoms with E-state index in [1.54, 1.807) is 6.20 Å². The average molecular weight is 377 g/mol. The molecule has 0 aliphatic rings. The van der Waals surface area contributed by atoms with Gasteiger partial charge in [0.15, 0.2) is 5.82 Å². The number of hydrogen-bond acceptors (Lipinski definition) is 6. The molecule has 0 amide bonds. The van der Waals surface area contributed by atoms with Gasteiger partial charge in [0.05, 0.1) is 6.20 Å². The SMILES string of the molecule is CCN(CC)c1ccc(Nc2cnnc(NCc3ccc(C)cc3)n2)c(C)c1. The Morgan fingerprint density at radius 2 is 1.71 bits per heavy atom. The second-order valence-electron chi connectivity index (χ2n) is 6.80. The van der Waals surface area contributed by atoms with Crippen molar-refractivity contribution in [3.05, 3.63) is 65.4 Å². The summed E-state index contributed by atoms with van der Waals surface area (Å²) in [6, 6.07) is 14.8. The third kappa shape index (κ3) is 4.97. The third-order valence-corrected chi connectivity index (χ3v) is 4.73. The van der Waals surface area contributed by atoms with Gasteiger partial charge in [0.1, 0.15) is 0 Å². The molecule has 0 aliphatic heterocycles. The third-order valence-electron chi connectivity index (χ3n) is 4.73. The molecule has 0 spiro atoms. The van der Waals surface area contributed by atoms with Crippen molar-refractivity contribution in [2.75, 3.05) is 28.6 Å². The van der Waals surface area contributed by atoms with Crippen LogP contribution in [0.1, 0.15) is 30.5 Å². The maximum absolute atomic E-state index is 4.53. The quantitative estimate of drug-likeness (QED) is 0.594. The zero-order valence-electron chi connectivity index (χ0n) is 17.0. The molecule has 1 aromatic heterocycles. The molecule has 6 heteroatoms. The lowest BCUT2D eigenvalue weighted by molar-refractivity contribution is 0.866. The van der Waals surface area contributed by atoms with Crippen molar-refractivity contribution in [3.8, 4) is 0 Å². The molecule has 0 unspecified atom stereocenters. The van der Waals surface area contributed by atoms with Crippen LogP contribution in [0.4, 0.5) is 23.1 Å². The molecule has 0 fully saturated rings. The Balaban J connectivity index is 1.68. The van der Waals surface area contributed by atoms with Gasteiger partial charge in [0, 0.05) is 31.0 Å². The Kier molecular flexibility index (Phi) is 6.42. The van der Waals surface area contributed by atoms with Crippen LogP contribution in [0.5, 0.6) is 0 Å². The summed E-state index contributed by atoms with van der Waals surface area (Å²) in [6.45, 7) is 11.2. The molecule has 0 saturated heterocycles. The highest BCUT2D eigenvalue weighted by Gasteiger charge is 2.07. The van der Waals surface area contributed by atoms with E-state index in [9.17, 15) is 0 Å². The van der Waals surface area contributed by atoms with Crippen LogP contribution in [0.2, 0.25) is 0 Å². The Hall–Kier alpha value is -3.15. The summed E-state index contributed by atoms with van der Waals surface area (Å²) in [7, 11) is 0. The monoisotopic (exact) mass is 376 g/mol. The van der Waals surface area contributed by atoms with Crippen molar-refractivity contribution in [2.45, 2.75) is 34.2 Å². The van der Waals surface area contributed by atoms with E-state index in [2.05, 4.69) is 101 Å². The van der Waals surface area contributed by atoms with Crippen molar-refractivity contribution in [1.82, 2.24) is 15.2 Å². The minimum absolute atomic E-state index is 0.503. The van der Waals surface area contributed by atoms with Crippen LogP contribution >= 0.6 is 0 Å². The molecule has 3 rings (SSSR count). The van der Waals surface area contributed by atoms with Gasteiger partial charge >= 0.3 is 0 Å². The fraction of sp³-hybridized carbons (Fsp3) is 0.318. The predicted molar refractivity (Wildman–Crippen MR) is 116 cm³/mol. The molecular formula is C22H28N6. The Morgan fingerprint density at radius 3 is 2.39 bits per heavy atom. The number of aryl methyl sites for hydroxylation is 2. The molecule has 0 bridgehead atoms. The van der Waals surface area contributed by atoms with Gasteiger partial charge in [-0.1, -0.05) is 29.8 Å². The normalized spacial score (nSPS) is 10.6. The van der Waals surface area contributed by atoms with Crippen LogP contribution < -0.4 is 15.5 Å². The van der Waals surface area contributed by atoms with E-state index in [0.29, 0.717) is 18.3 Å². The Morgan fingerprint density at radius 1 is 0.964 bits per heavy atom. The van der Waals surface area contributed by atoms with E-state index in [1.807, 2.05) is 0 Å². The number of rotatable bonds is 8. The topological polar surface area (TPSA) is 66.0 Å². The largest absolute Gasteiger partial charge is 0.372 e. The molecule has 1 heterocycles. The summed E-state index contributed by atoms with van der Waals surface area (Å²) in [5.74, 6) is 1.17. The summed E-state index contributed by atoms with van der Waals surface area (Å²) in [6.07, 6.45) is 1.63. The molecule has 0 aliphatic carbocycles. The first-order valence-electron chi connectivity index (χ1n) is 9.70. The fourth-order valence-electron chi connectivity index (χ4n) is 3.04. The molecule has 0 radical (unpaired) electrons. The van der Waals surface area contributed by atoms with Crippen molar-refractivity contribution in [2.24, 2.45) is 0 Å². The van der Waals surface area contributed by atoms with Crippen LogP contribution in [0.25, 0.3) is 0 Å². The van der Waals surface area contributed by atoms with E-state index < -0.39 is 0 Å². The van der Waals surface area contributed by atoms with Crippen LogP contribution in [0.3, 0.4) is 0 Å². The fourth-order valence-corrected chi connectivity index (χ4v) is 3.04. The zero-order valence-corrected chi connectivity index (χ0v) is 17.0. The van der Waals surface area contributed by atoms with Gasteiger partial charge in [-0.15, -0.1) is 5.10 Å². The summed E-state index contributed by atoms with van der Waals surface area (Å²) in [4.78, 5) is 6.85. The van der Waals surface area contributed by atoms with Crippen molar-refractivity contribution >= 4 is 23.1 Å². The van der Waals surface area contributed by atoms with E-state index in [0.717, 1.165) is 24.3 Å². The van der Waals surface area contributed by atoms with Crippen molar-refractivity contribution in [3.63, 3.8) is 0 Å². The number of anilines is 4. The van der Waals surface area contributed by atoms with Gasteiger partial charge in [-0.2, -0.15) is 10.1 Å². The van der Waals surface area contributed by atoms with Crippen molar-refractivity contribution in [1.29, 1.82) is 0 Å². The number of nitrogens with one attached hydrogen (secondary N) is 2. The Bertz CT molecular complexity index is 903. The first-order valence-corrected chi connectivity index (χ1v) is 9.70. The van der Waals surface area contributed by atoms with E-state index in [4.69, 9.17) is 0 Å². The van der Waals surface area contributed by atoms with E-state index in [-0.39, 0.29) is 0 Å². The predicted octanol–water partition coefficient (Wildman–Crippen LogP) is 4.69. The number of aromatic nitrogens is 3. The molecule has 3 aromatic rings. The molecular weight excluding hydrogens is 348 g/mol. The molecule has 2 N–H and O–H groups in total. The lowest BCUT2D eigenvalue weighted by Crippen LogP contribution is -2.21. The van der Waals surface area contributed by atoms with Crippen LogP contribution in [-0.4, -0.2) is 28.3 Å². The number of benzene rings is 2. The van der Waals surface area contributed by atoms with Crippen LogP contribution in [0, 0.1) is 13.8 Å². The summed E-state index contributed by atoms with van der Waals surface area (Å²) in [5.41, 5.74) is 5.83. The van der Waals surface area contributed by atoms with Gasteiger partial charge in [0.25, 0.3) is 0 Å². The summed E-state index contributed by atoms with van der Waals surface area (Å²) < 4.78 is 0. The lowest BCUT2D eigenvalue weighted by Gasteiger charge is -2.22. The average Bonchev–Trinajstić information content (AvgIpc) is 2.71. The standard InChI is InChI=1S/C22H28N6/c1-5-28(6-2)19-11-12-20(17(4)13-19)25-21-15-24-27-22(26-21)23-14-18-9-7-16(3)8-10-18/h7-13,15H,5-6,14H2,1-4H3,(H2,23,25,26,27). The second-order valence-corrected chi connectivity index (χ2v) is 6.80. The minimum atomic E-state index is 0.503. The van der Waals surface area contributed by atoms with Gasteiger partial charge in [-0.3, -0.25) is 0 Å². The second kappa shape index (κ2) is 9.17. The highest BCUT2D eigenvalue weighted by molar-refractivity contribution is 5.65. The number of nitrogens with zero attached hydrogens (tertiary/aromatic N) is 4. The van der Waals surface area contributed by atoms with E-state index in [1.165, 1.54) is 16.8 Å².